The molecule has 4 heteroatoms. The Hall–Kier alpha value is -1.39. The first-order valence-corrected chi connectivity index (χ1v) is 7.61. The zero-order valence-corrected chi connectivity index (χ0v) is 12.9. The van der Waals surface area contributed by atoms with E-state index in [0.29, 0.717) is 19.7 Å². The van der Waals surface area contributed by atoms with Crippen molar-refractivity contribution in [3.8, 4) is 0 Å². The third-order valence-electron chi connectivity index (χ3n) is 3.91. The minimum absolute atomic E-state index is 0.177. The van der Waals surface area contributed by atoms with E-state index < -0.39 is 5.60 Å². The van der Waals surface area contributed by atoms with Crippen LogP contribution in [0.15, 0.2) is 30.3 Å². The Bertz CT molecular complexity index is 458. The lowest BCUT2D eigenvalue weighted by atomic mass is 9.94. The molecule has 116 valence electrons. The predicted octanol–water partition coefficient (Wildman–Crippen LogP) is 2.21. The van der Waals surface area contributed by atoms with Crippen molar-refractivity contribution in [3.05, 3.63) is 35.9 Å². The van der Waals surface area contributed by atoms with Crippen LogP contribution in [-0.4, -0.2) is 41.2 Å². The van der Waals surface area contributed by atoms with Gasteiger partial charge in [0.25, 0.3) is 0 Å². The Labute approximate surface area is 126 Å². The molecular weight excluding hydrogens is 266 g/mol. The molecule has 0 aliphatic carbocycles. The summed E-state index contributed by atoms with van der Waals surface area (Å²) in [6.45, 7) is 6.27. The number of esters is 1. The summed E-state index contributed by atoms with van der Waals surface area (Å²) in [7, 11) is 0. The highest BCUT2D eigenvalue weighted by Gasteiger charge is 2.30. The summed E-state index contributed by atoms with van der Waals surface area (Å²) in [4.78, 5) is 14.2. The summed E-state index contributed by atoms with van der Waals surface area (Å²) >= 11 is 0. The third-order valence-corrected chi connectivity index (χ3v) is 3.91. The lowest BCUT2D eigenvalue weighted by Gasteiger charge is -2.37. The van der Waals surface area contributed by atoms with Gasteiger partial charge in [0.05, 0.1) is 11.5 Å². The van der Waals surface area contributed by atoms with Crippen molar-refractivity contribution in [1.82, 2.24) is 4.90 Å². The number of carbonyl (C=O) groups excluding carboxylic acids is 1. The van der Waals surface area contributed by atoms with Crippen molar-refractivity contribution in [2.45, 2.75) is 38.9 Å². The number of nitrogens with zero attached hydrogens (tertiary/aromatic N) is 1. The van der Waals surface area contributed by atoms with Crippen LogP contribution in [0.2, 0.25) is 0 Å². The topological polar surface area (TPSA) is 49.8 Å². The number of rotatable bonds is 5. The van der Waals surface area contributed by atoms with E-state index in [9.17, 15) is 9.90 Å². The molecular formula is C17H25NO3. The van der Waals surface area contributed by atoms with Crippen LogP contribution in [0.3, 0.4) is 0 Å². The molecule has 1 fully saturated rings. The molecule has 0 radical (unpaired) electrons. The highest BCUT2D eigenvalue weighted by Crippen LogP contribution is 2.21. The molecule has 1 aromatic carbocycles. The Morgan fingerprint density at radius 1 is 1.43 bits per heavy atom. The van der Waals surface area contributed by atoms with Gasteiger partial charge in [-0.3, -0.25) is 9.69 Å². The first-order valence-electron chi connectivity index (χ1n) is 7.61. The van der Waals surface area contributed by atoms with Crippen LogP contribution in [0.1, 0.15) is 32.3 Å². The zero-order valence-electron chi connectivity index (χ0n) is 12.9. The first-order chi connectivity index (χ1) is 9.96. The molecule has 1 aliphatic heterocycles. The largest absolute Gasteiger partial charge is 0.461 e. The Kier molecular flexibility index (Phi) is 5.37. The number of likely N-dealkylation sites (tertiary alicyclic amines) is 1. The van der Waals surface area contributed by atoms with E-state index in [1.54, 1.807) is 0 Å². The lowest BCUT2D eigenvalue weighted by Crippen LogP contribution is -2.48. The second-order valence-corrected chi connectivity index (χ2v) is 6.33. The van der Waals surface area contributed by atoms with Crippen LogP contribution in [0.4, 0.5) is 0 Å². The number of β-amino-alcohol motifs (C(OH)–C–C–N with tert-alkyl or cyclic N) is 1. The van der Waals surface area contributed by atoms with Gasteiger partial charge in [-0.05, 0) is 31.9 Å². The molecule has 0 spiro atoms. The van der Waals surface area contributed by atoms with Gasteiger partial charge >= 0.3 is 5.97 Å². The second kappa shape index (κ2) is 7.05. The van der Waals surface area contributed by atoms with Gasteiger partial charge in [-0.1, -0.05) is 37.3 Å². The number of hydrogen-bond acceptors (Lipinski definition) is 4. The smallest absolute Gasteiger partial charge is 0.310 e. The predicted molar refractivity (Wildman–Crippen MR) is 81.7 cm³/mol. The number of ether oxygens (including phenoxy) is 1. The van der Waals surface area contributed by atoms with Gasteiger partial charge in [-0.15, -0.1) is 0 Å². The lowest BCUT2D eigenvalue weighted by molar-refractivity contribution is -0.150. The number of hydrogen-bond donors (Lipinski definition) is 1. The molecule has 1 aliphatic rings. The van der Waals surface area contributed by atoms with Crippen LogP contribution >= 0.6 is 0 Å². The van der Waals surface area contributed by atoms with Crippen LogP contribution in [0.5, 0.6) is 0 Å². The summed E-state index contributed by atoms with van der Waals surface area (Å²) in [5.74, 6) is -0.355. The minimum atomic E-state index is -0.633. The molecule has 2 atom stereocenters. The van der Waals surface area contributed by atoms with Gasteiger partial charge in [0.2, 0.25) is 0 Å². The summed E-state index contributed by atoms with van der Waals surface area (Å²) in [6, 6.07) is 9.70. The van der Waals surface area contributed by atoms with Crippen molar-refractivity contribution in [2.24, 2.45) is 5.92 Å². The molecule has 0 saturated carbocycles. The van der Waals surface area contributed by atoms with Crippen molar-refractivity contribution in [2.75, 3.05) is 19.6 Å². The summed E-state index contributed by atoms with van der Waals surface area (Å²) in [6.07, 6.45) is 1.80. The molecule has 1 saturated heterocycles. The molecule has 0 bridgehead atoms. The highest BCUT2D eigenvalue weighted by atomic mass is 16.5. The maximum atomic E-state index is 12.0. The van der Waals surface area contributed by atoms with Gasteiger partial charge in [0.1, 0.15) is 6.61 Å². The number of carbonyl (C=O) groups is 1. The number of piperidine rings is 1. The average molecular weight is 291 g/mol. The van der Waals surface area contributed by atoms with Crippen molar-refractivity contribution in [3.63, 3.8) is 0 Å². The van der Waals surface area contributed by atoms with E-state index in [4.69, 9.17) is 4.74 Å². The number of aliphatic hydroxyl groups is 1. The van der Waals surface area contributed by atoms with E-state index in [-0.39, 0.29) is 11.9 Å². The molecule has 2 unspecified atom stereocenters. The Morgan fingerprint density at radius 2 is 2.14 bits per heavy atom. The molecule has 21 heavy (non-hydrogen) atoms. The molecule has 4 nitrogen and oxygen atoms in total. The van der Waals surface area contributed by atoms with Gasteiger partial charge in [-0.25, -0.2) is 0 Å². The Balaban J connectivity index is 1.77. The van der Waals surface area contributed by atoms with Crippen LogP contribution in [-0.2, 0) is 16.1 Å². The Morgan fingerprint density at radius 3 is 2.81 bits per heavy atom. The van der Waals surface area contributed by atoms with Gasteiger partial charge in [0.15, 0.2) is 0 Å². The van der Waals surface area contributed by atoms with E-state index >= 15 is 0 Å². The molecule has 0 aromatic heterocycles. The molecule has 1 aromatic rings. The van der Waals surface area contributed by atoms with E-state index in [0.717, 1.165) is 24.9 Å². The van der Waals surface area contributed by atoms with Gasteiger partial charge in [0, 0.05) is 13.1 Å². The fourth-order valence-corrected chi connectivity index (χ4v) is 2.81. The molecule has 1 N–H and O–H groups in total. The van der Waals surface area contributed by atoms with Crippen LogP contribution in [0, 0.1) is 5.92 Å². The normalized spacial score (nSPS) is 24.5. The van der Waals surface area contributed by atoms with E-state index in [1.165, 1.54) is 0 Å². The maximum Gasteiger partial charge on any atom is 0.310 e. The monoisotopic (exact) mass is 291 g/mol. The third kappa shape index (κ3) is 5.14. The second-order valence-electron chi connectivity index (χ2n) is 6.33. The minimum Gasteiger partial charge on any atom is -0.461 e. The summed E-state index contributed by atoms with van der Waals surface area (Å²) in [5.41, 5.74) is 0.366. The van der Waals surface area contributed by atoms with E-state index in [1.807, 2.05) is 44.2 Å². The van der Waals surface area contributed by atoms with E-state index in [2.05, 4.69) is 4.90 Å². The number of benzene rings is 1. The van der Waals surface area contributed by atoms with Crippen molar-refractivity contribution in [1.29, 1.82) is 0 Å². The summed E-state index contributed by atoms with van der Waals surface area (Å²) < 4.78 is 5.36. The average Bonchev–Trinajstić information content (AvgIpc) is 2.44. The van der Waals surface area contributed by atoms with Crippen LogP contribution < -0.4 is 0 Å². The van der Waals surface area contributed by atoms with Gasteiger partial charge in [-0.2, -0.15) is 0 Å². The van der Waals surface area contributed by atoms with Crippen LogP contribution in [0.25, 0.3) is 0 Å². The summed E-state index contributed by atoms with van der Waals surface area (Å²) in [5, 5.41) is 10.1. The maximum absolute atomic E-state index is 12.0. The van der Waals surface area contributed by atoms with Crippen molar-refractivity contribution >= 4 is 5.97 Å². The SMILES string of the molecule is CC(CN1CCCC(C)(O)C1)C(=O)OCc1ccccc1. The molecule has 2 rings (SSSR count). The first kappa shape index (κ1) is 16.0. The zero-order chi connectivity index (χ0) is 15.3. The quantitative estimate of drug-likeness (QED) is 0.845. The van der Waals surface area contributed by atoms with Gasteiger partial charge < -0.3 is 9.84 Å². The standard InChI is InChI=1S/C17H25NO3/c1-14(11-18-10-6-9-17(2,20)13-18)16(19)21-12-15-7-4-3-5-8-15/h3-5,7-8,14,20H,6,9-13H2,1-2H3. The fraction of sp³-hybridized carbons (Fsp3) is 0.588. The fourth-order valence-electron chi connectivity index (χ4n) is 2.81. The molecule has 0 amide bonds. The van der Waals surface area contributed by atoms with Crippen molar-refractivity contribution < 1.29 is 14.6 Å². The highest BCUT2D eigenvalue weighted by molar-refractivity contribution is 5.72. The molecule has 1 heterocycles.